The predicted octanol–water partition coefficient (Wildman–Crippen LogP) is 2.89. The molecule has 21 heavy (non-hydrogen) atoms. The number of aryl methyl sites for hydroxylation is 1. The van der Waals surface area contributed by atoms with Gasteiger partial charge in [0.25, 0.3) is 0 Å². The second-order valence-corrected chi connectivity index (χ2v) is 5.37. The summed E-state index contributed by atoms with van der Waals surface area (Å²) in [5.41, 5.74) is 2.25. The number of nitrogens with zero attached hydrogens (tertiary/aromatic N) is 3. The number of aromatic nitrogens is 2. The minimum absolute atomic E-state index is 0.797. The lowest BCUT2D eigenvalue weighted by Gasteiger charge is -2.11. The minimum Gasteiger partial charge on any atom is -0.370 e. The van der Waals surface area contributed by atoms with E-state index in [1.165, 1.54) is 5.56 Å². The normalized spacial score (nSPS) is 10.7. The highest BCUT2D eigenvalue weighted by molar-refractivity contribution is 5.59. The SMILES string of the molecule is Cc1cccc(Nc2cc(NCCCN(C)C)ncn2)c1. The van der Waals surface area contributed by atoms with Crippen molar-refractivity contribution in [3.05, 3.63) is 42.2 Å². The highest BCUT2D eigenvalue weighted by atomic mass is 15.1. The van der Waals surface area contributed by atoms with Crippen LogP contribution in [0, 0.1) is 6.92 Å². The molecule has 0 aliphatic rings. The Morgan fingerprint density at radius 1 is 1.10 bits per heavy atom. The smallest absolute Gasteiger partial charge is 0.135 e. The largest absolute Gasteiger partial charge is 0.370 e. The zero-order chi connectivity index (χ0) is 15.1. The molecule has 0 atom stereocenters. The van der Waals surface area contributed by atoms with Crippen LogP contribution in [0.1, 0.15) is 12.0 Å². The fourth-order valence-electron chi connectivity index (χ4n) is 2.00. The van der Waals surface area contributed by atoms with Crippen LogP contribution in [0.15, 0.2) is 36.7 Å². The molecule has 0 radical (unpaired) electrons. The first-order chi connectivity index (χ1) is 10.1. The molecule has 2 aromatic rings. The van der Waals surface area contributed by atoms with Crippen LogP contribution in [-0.2, 0) is 0 Å². The van der Waals surface area contributed by atoms with Crippen molar-refractivity contribution in [3.8, 4) is 0 Å². The van der Waals surface area contributed by atoms with Crippen LogP contribution >= 0.6 is 0 Å². The number of anilines is 3. The Morgan fingerprint density at radius 2 is 1.90 bits per heavy atom. The molecular weight excluding hydrogens is 262 g/mol. The van der Waals surface area contributed by atoms with Crippen molar-refractivity contribution in [3.63, 3.8) is 0 Å². The molecule has 0 unspecified atom stereocenters. The van der Waals surface area contributed by atoms with Crippen LogP contribution < -0.4 is 10.6 Å². The van der Waals surface area contributed by atoms with Gasteiger partial charge in [-0.3, -0.25) is 0 Å². The average Bonchev–Trinajstić information content (AvgIpc) is 2.44. The molecule has 0 amide bonds. The lowest BCUT2D eigenvalue weighted by Crippen LogP contribution is -2.16. The van der Waals surface area contributed by atoms with E-state index in [0.29, 0.717) is 0 Å². The first kappa shape index (κ1) is 15.3. The third kappa shape index (κ3) is 5.39. The van der Waals surface area contributed by atoms with Crippen molar-refractivity contribution in [2.24, 2.45) is 0 Å². The van der Waals surface area contributed by atoms with Crippen LogP contribution in [0.2, 0.25) is 0 Å². The van der Waals surface area contributed by atoms with Crippen LogP contribution in [0.4, 0.5) is 17.3 Å². The Morgan fingerprint density at radius 3 is 2.67 bits per heavy atom. The molecule has 0 saturated carbocycles. The Labute approximate surface area is 126 Å². The topological polar surface area (TPSA) is 53.1 Å². The Balaban J connectivity index is 1.91. The fraction of sp³-hybridized carbons (Fsp3) is 0.375. The van der Waals surface area contributed by atoms with E-state index < -0.39 is 0 Å². The van der Waals surface area contributed by atoms with E-state index in [2.05, 4.69) is 58.7 Å². The fourth-order valence-corrected chi connectivity index (χ4v) is 2.00. The van der Waals surface area contributed by atoms with Gasteiger partial charge in [-0.2, -0.15) is 0 Å². The summed E-state index contributed by atoms with van der Waals surface area (Å²) in [6, 6.07) is 10.1. The summed E-state index contributed by atoms with van der Waals surface area (Å²) in [6.45, 7) is 4.04. The highest BCUT2D eigenvalue weighted by Crippen LogP contribution is 2.17. The molecule has 0 saturated heterocycles. The van der Waals surface area contributed by atoms with Crippen molar-refractivity contribution in [1.29, 1.82) is 0 Å². The first-order valence-corrected chi connectivity index (χ1v) is 7.18. The summed E-state index contributed by atoms with van der Waals surface area (Å²) in [7, 11) is 4.16. The van der Waals surface area contributed by atoms with Gasteiger partial charge in [0.2, 0.25) is 0 Å². The van der Waals surface area contributed by atoms with Crippen LogP contribution in [-0.4, -0.2) is 42.1 Å². The summed E-state index contributed by atoms with van der Waals surface area (Å²) in [5, 5.41) is 6.61. The summed E-state index contributed by atoms with van der Waals surface area (Å²) in [6.07, 6.45) is 2.66. The van der Waals surface area contributed by atoms with Gasteiger partial charge in [-0.15, -0.1) is 0 Å². The highest BCUT2D eigenvalue weighted by Gasteiger charge is 2.00. The van der Waals surface area contributed by atoms with Crippen LogP contribution in [0.25, 0.3) is 0 Å². The van der Waals surface area contributed by atoms with Gasteiger partial charge in [0.1, 0.15) is 18.0 Å². The molecule has 112 valence electrons. The summed E-state index contributed by atoms with van der Waals surface area (Å²) in [5.74, 6) is 1.64. The van der Waals surface area contributed by atoms with Gasteiger partial charge in [0, 0.05) is 18.3 Å². The summed E-state index contributed by atoms with van der Waals surface area (Å²) >= 11 is 0. The zero-order valence-electron chi connectivity index (χ0n) is 12.9. The molecule has 0 bridgehead atoms. The Hall–Kier alpha value is -2.14. The lowest BCUT2D eigenvalue weighted by atomic mass is 10.2. The van der Waals surface area contributed by atoms with Gasteiger partial charge in [0.15, 0.2) is 0 Å². The average molecular weight is 285 g/mol. The Bertz CT molecular complexity index is 568. The molecule has 1 aromatic carbocycles. The quantitative estimate of drug-likeness (QED) is 0.766. The van der Waals surface area contributed by atoms with Crippen molar-refractivity contribution in [2.45, 2.75) is 13.3 Å². The van der Waals surface area contributed by atoms with Crippen molar-refractivity contribution < 1.29 is 0 Å². The maximum absolute atomic E-state index is 4.25. The molecular formula is C16H23N5. The maximum atomic E-state index is 4.25. The molecule has 1 heterocycles. The number of nitrogens with one attached hydrogen (secondary N) is 2. The van der Waals surface area contributed by atoms with Gasteiger partial charge in [-0.1, -0.05) is 12.1 Å². The third-order valence-corrected chi connectivity index (χ3v) is 3.05. The Kier molecular flexibility index (Phi) is 5.51. The molecule has 5 heteroatoms. The van der Waals surface area contributed by atoms with Crippen molar-refractivity contribution in [1.82, 2.24) is 14.9 Å². The molecule has 0 aliphatic heterocycles. The second-order valence-electron chi connectivity index (χ2n) is 5.37. The monoisotopic (exact) mass is 285 g/mol. The molecule has 2 rings (SSSR count). The van der Waals surface area contributed by atoms with Crippen molar-refractivity contribution >= 4 is 17.3 Å². The molecule has 0 spiro atoms. The third-order valence-electron chi connectivity index (χ3n) is 3.05. The van der Waals surface area contributed by atoms with Gasteiger partial charge in [0.05, 0.1) is 0 Å². The van der Waals surface area contributed by atoms with E-state index in [0.717, 1.165) is 36.8 Å². The predicted molar refractivity (Wildman–Crippen MR) is 88.2 cm³/mol. The lowest BCUT2D eigenvalue weighted by molar-refractivity contribution is 0.405. The van der Waals surface area contributed by atoms with Gasteiger partial charge in [-0.05, 0) is 51.7 Å². The van der Waals surface area contributed by atoms with E-state index in [4.69, 9.17) is 0 Å². The zero-order valence-corrected chi connectivity index (χ0v) is 12.9. The van der Waals surface area contributed by atoms with Gasteiger partial charge < -0.3 is 15.5 Å². The number of hydrogen-bond donors (Lipinski definition) is 2. The molecule has 0 aliphatic carbocycles. The van der Waals surface area contributed by atoms with E-state index in [-0.39, 0.29) is 0 Å². The number of benzene rings is 1. The van der Waals surface area contributed by atoms with Gasteiger partial charge >= 0.3 is 0 Å². The molecule has 5 nitrogen and oxygen atoms in total. The summed E-state index contributed by atoms with van der Waals surface area (Å²) < 4.78 is 0. The standard InChI is InChI=1S/C16H23N5/c1-13-6-4-7-14(10-13)20-16-11-15(18-12-19-16)17-8-5-9-21(2)3/h4,6-7,10-12H,5,8-9H2,1-3H3,(H2,17,18,19,20). The maximum Gasteiger partial charge on any atom is 0.135 e. The molecule has 1 aromatic heterocycles. The van der Waals surface area contributed by atoms with Gasteiger partial charge in [-0.25, -0.2) is 9.97 Å². The number of hydrogen-bond acceptors (Lipinski definition) is 5. The minimum atomic E-state index is 0.797. The molecule has 2 N–H and O–H groups in total. The van der Waals surface area contributed by atoms with E-state index in [9.17, 15) is 0 Å². The van der Waals surface area contributed by atoms with E-state index in [1.54, 1.807) is 6.33 Å². The second kappa shape index (κ2) is 7.59. The van der Waals surface area contributed by atoms with E-state index >= 15 is 0 Å². The number of rotatable bonds is 7. The van der Waals surface area contributed by atoms with Crippen LogP contribution in [0.3, 0.4) is 0 Å². The van der Waals surface area contributed by atoms with Crippen LogP contribution in [0.5, 0.6) is 0 Å². The molecule has 0 fully saturated rings. The first-order valence-electron chi connectivity index (χ1n) is 7.18. The van der Waals surface area contributed by atoms with E-state index in [1.807, 2.05) is 18.2 Å². The van der Waals surface area contributed by atoms with Crippen molar-refractivity contribution in [2.75, 3.05) is 37.8 Å². The summed E-state index contributed by atoms with van der Waals surface area (Å²) in [4.78, 5) is 10.7.